The Hall–Kier alpha value is -1.56. The number of nitrogens with one attached hydrogen (secondary N) is 3. The van der Waals surface area contributed by atoms with Gasteiger partial charge < -0.3 is 9.47 Å². The van der Waals surface area contributed by atoms with Crippen LogP contribution in [0.4, 0.5) is 0 Å². The first kappa shape index (κ1) is 26.4. The molecule has 1 amide bonds. The molecule has 0 rings (SSSR count). The minimum Gasteiger partial charge on any atom is -0.468 e. The van der Waals surface area contributed by atoms with Crippen LogP contribution in [-0.2, 0) is 42.3 Å². The molecule has 164 valence electrons. The quantitative estimate of drug-likeness (QED) is 0.148. The van der Waals surface area contributed by atoms with Gasteiger partial charge in [-0.25, -0.2) is 10.0 Å². The van der Waals surface area contributed by atoms with Crippen LogP contribution in [0.1, 0.15) is 40.5 Å². The van der Waals surface area contributed by atoms with Gasteiger partial charge in [0.25, 0.3) is 0 Å². The van der Waals surface area contributed by atoms with Crippen LogP contribution in [0.15, 0.2) is 0 Å². The Morgan fingerprint density at radius 2 is 1.25 bits per heavy atom. The van der Waals surface area contributed by atoms with E-state index in [4.69, 9.17) is 9.25 Å². The highest BCUT2D eigenvalue weighted by Crippen LogP contribution is 2.46. The Kier molecular flexibility index (Phi) is 12.8. The molecule has 2 atom stereocenters. The molecule has 0 radical (unpaired) electrons. The largest absolute Gasteiger partial charge is 0.529 e. The van der Waals surface area contributed by atoms with E-state index < -0.39 is 31.8 Å². The number of hydrogen-bond acceptors (Lipinski definition) is 11. The van der Waals surface area contributed by atoms with Gasteiger partial charge >= 0.3 is 19.8 Å². The van der Waals surface area contributed by atoms with Gasteiger partial charge in [0.2, 0.25) is 6.41 Å². The molecule has 0 heterocycles. The van der Waals surface area contributed by atoms with Gasteiger partial charge in [-0.15, -0.1) is 0 Å². The second-order valence-electron chi connectivity index (χ2n) is 6.60. The summed E-state index contributed by atoms with van der Waals surface area (Å²) in [6.07, 6.45) is 0.676. The number of hydrogen-bond donors (Lipinski definition) is 3. The number of carbonyl (C=O) groups excluding carboxylic acids is 3. The van der Waals surface area contributed by atoms with Gasteiger partial charge in [-0.05, 0) is 24.7 Å². The predicted molar refractivity (Wildman–Crippen MR) is 96.9 cm³/mol. The molecule has 28 heavy (non-hydrogen) atoms. The van der Waals surface area contributed by atoms with Gasteiger partial charge in [0.15, 0.2) is 0 Å². The van der Waals surface area contributed by atoms with Crippen molar-refractivity contribution in [2.45, 2.75) is 52.6 Å². The zero-order valence-electron chi connectivity index (χ0n) is 16.9. The lowest BCUT2D eigenvalue weighted by atomic mass is 10.0. The molecule has 0 aliphatic rings. The van der Waals surface area contributed by atoms with Crippen LogP contribution in [0.5, 0.6) is 0 Å². The average molecular weight is 427 g/mol. The molecule has 3 N–H and O–H groups in total. The normalized spacial score (nSPS) is 13.9. The second-order valence-corrected chi connectivity index (χ2v) is 8.05. The number of ether oxygens (including phenoxy) is 2. The molecule has 0 bridgehead atoms. The molecule has 0 aromatic rings. The van der Waals surface area contributed by atoms with E-state index in [9.17, 15) is 18.9 Å². The smallest absolute Gasteiger partial charge is 0.468 e. The van der Waals surface area contributed by atoms with Gasteiger partial charge in [0.1, 0.15) is 12.1 Å². The Morgan fingerprint density at radius 1 is 0.857 bits per heavy atom. The van der Waals surface area contributed by atoms with Crippen LogP contribution < -0.4 is 16.4 Å². The summed E-state index contributed by atoms with van der Waals surface area (Å²) in [6, 6.07) is -1.96. The van der Waals surface area contributed by atoms with E-state index in [2.05, 4.69) is 25.1 Å². The van der Waals surface area contributed by atoms with E-state index in [1.165, 1.54) is 14.2 Å². The number of esters is 2. The number of hydroxylamine groups is 3. The van der Waals surface area contributed by atoms with E-state index >= 15 is 0 Å². The summed E-state index contributed by atoms with van der Waals surface area (Å²) < 4.78 is 36.4. The van der Waals surface area contributed by atoms with Crippen molar-refractivity contribution in [3.05, 3.63) is 0 Å². The lowest BCUT2D eigenvalue weighted by Gasteiger charge is -2.23. The fraction of sp³-hybridized carbons (Fsp3) is 0.800. The van der Waals surface area contributed by atoms with Crippen LogP contribution in [0, 0.1) is 11.8 Å². The summed E-state index contributed by atoms with van der Waals surface area (Å²) in [5.41, 5.74) is 6.22. The lowest BCUT2D eigenvalue weighted by molar-refractivity contribution is -0.147. The summed E-state index contributed by atoms with van der Waals surface area (Å²) >= 11 is 0. The molecule has 0 fully saturated rings. The minimum atomic E-state index is -4.51. The first-order valence-corrected chi connectivity index (χ1v) is 10.1. The third kappa shape index (κ3) is 10.7. The maximum absolute atomic E-state index is 12.7. The predicted octanol–water partition coefficient (Wildman–Crippen LogP) is 0.990. The van der Waals surface area contributed by atoms with Crippen molar-refractivity contribution in [3.8, 4) is 0 Å². The molecule has 0 aromatic carbocycles. The SMILES string of the molecule is COC(=O)[C@H](CC(C)C)NOP(=O)(ONC=O)ON[C@@H](CC(C)C)C(=O)OC. The van der Waals surface area contributed by atoms with Crippen molar-refractivity contribution in [2.75, 3.05) is 14.2 Å². The highest BCUT2D eigenvalue weighted by atomic mass is 31.2. The molecule has 0 aliphatic carbocycles. The van der Waals surface area contributed by atoms with E-state index in [1.807, 2.05) is 27.7 Å². The number of rotatable bonds is 15. The fourth-order valence-electron chi connectivity index (χ4n) is 2.01. The van der Waals surface area contributed by atoms with E-state index in [1.54, 1.807) is 5.48 Å². The molecule has 0 saturated heterocycles. The number of carbonyl (C=O) groups is 3. The maximum atomic E-state index is 12.7. The van der Waals surface area contributed by atoms with Crippen molar-refractivity contribution in [1.82, 2.24) is 16.4 Å². The van der Waals surface area contributed by atoms with Crippen molar-refractivity contribution in [1.29, 1.82) is 0 Å². The molecule has 0 saturated carbocycles. The van der Waals surface area contributed by atoms with Gasteiger partial charge in [-0.2, -0.15) is 24.8 Å². The van der Waals surface area contributed by atoms with Crippen molar-refractivity contribution in [3.63, 3.8) is 0 Å². The first-order valence-electron chi connectivity index (χ1n) is 8.60. The van der Waals surface area contributed by atoms with Crippen molar-refractivity contribution < 1.29 is 42.3 Å². The minimum absolute atomic E-state index is 0.0717. The molecular weight excluding hydrogens is 397 g/mol. The zero-order chi connectivity index (χ0) is 21.7. The Labute approximate surface area is 164 Å². The highest BCUT2D eigenvalue weighted by Gasteiger charge is 2.34. The van der Waals surface area contributed by atoms with Crippen LogP contribution in [0.3, 0.4) is 0 Å². The maximum Gasteiger partial charge on any atom is 0.529 e. The summed E-state index contributed by atoms with van der Waals surface area (Å²) in [7, 11) is -2.14. The van der Waals surface area contributed by atoms with E-state index in [-0.39, 0.29) is 18.2 Å². The summed E-state index contributed by atoms with van der Waals surface area (Å²) in [5, 5.41) is 0. The first-order chi connectivity index (χ1) is 13.1. The zero-order valence-corrected chi connectivity index (χ0v) is 17.8. The third-order valence-electron chi connectivity index (χ3n) is 3.21. The Balaban J connectivity index is 5.16. The molecule has 0 aliphatic heterocycles. The Bertz CT molecular complexity index is 507. The van der Waals surface area contributed by atoms with E-state index in [0.717, 1.165) is 0 Å². The molecular formula is C15H30N3O9P. The monoisotopic (exact) mass is 427 g/mol. The van der Waals surface area contributed by atoms with Gasteiger partial charge in [0.05, 0.1) is 14.2 Å². The van der Waals surface area contributed by atoms with Crippen LogP contribution in [0.2, 0.25) is 0 Å². The molecule has 0 spiro atoms. The fourth-order valence-corrected chi connectivity index (χ4v) is 2.81. The van der Waals surface area contributed by atoms with Crippen LogP contribution in [0.25, 0.3) is 0 Å². The van der Waals surface area contributed by atoms with Gasteiger partial charge in [-0.3, -0.25) is 14.4 Å². The van der Waals surface area contributed by atoms with Gasteiger partial charge in [0, 0.05) is 0 Å². The van der Waals surface area contributed by atoms with Gasteiger partial charge in [-0.1, -0.05) is 27.7 Å². The number of phosphoric acid groups is 1. The summed E-state index contributed by atoms with van der Waals surface area (Å²) in [5.74, 6) is -1.18. The average Bonchev–Trinajstić information content (AvgIpc) is 2.65. The molecule has 13 heteroatoms. The van der Waals surface area contributed by atoms with Crippen LogP contribution in [-0.4, -0.2) is 44.7 Å². The standard InChI is InChI=1S/C15H30N3O9P/c1-10(2)7-12(14(20)23-5)17-26-28(22,25-16-9-19)27-18-13(8-11(3)4)15(21)24-6/h9-13,17-18H,7-8H2,1-6H3,(H,16,19)/t12-,13-/m0/s1. The highest BCUT2D eigenvalue weighted by molar-refractivity contribution is 7.48. The van der Waals surface area contributed by atoms with Crippen LogP contribution >= 0.6 is 7.82 Å². The molecule has 0 aromatic heterocycles. The topological polar surface area (TPSA) is 151 Å². The second kappa shape index (κ2) is 13.6. The number of methoxy groups -OCH3 is 2. The molecule has 12 nitrogen and oxygen atoms in total. The van der Waals surface area contributed by atoms with E-state index in [0.29, 0.717) is 12.8 Å². The molecule has 0 unspecified atom stereocenters. The summed E-state index contributed by atoms with van der Waals surface area (Å²) in [4.78, 5) is 34.1. The third-order valence-corrected chi connectivity index (χ3v) is 4.20. The van der Waals surface area contributed by atoms with Crippen molar-refractivity contribution >= 4 is 26.2 Å². The lowest BCUT2D eigenvalue weighted by Crippen LogP contribution is -2.41. The Morgan fingerprint density at radius 3 is 1.54 bits per heavy atom. The number of amides is 1. The van der Waals surface area contributed by atoms with Crippen molar-refractivity contribution in [2.24, 2.45) is 11.8 Å². The summed E-state index contributed by atoms with van der Waals surface area (Å²) in [6.45, 7) is 7.42.